The van der Waals surface area contributed by atoms with E-state index in [-0.39, 0.29) is 12.7 Å². The van der Waals surface area contributed by atoms with E-state index in [0.717, 1.165) is 0 Å². The van der Waals surface area contributed by atoms with Crippen LogP contribution in [-0.2, 0) is 15.8 Å². The van der Waals surface area contributed by atoms with Crippen LogP contribution in [0.1, 0.15) is 0 Å². The van der Waals surface area contributed by atoms with Crippen LogP contribution in [0.15, 0.2) is 6.33 Å². The van der Waals surface area contributed by atoms with Crippen LogP contribution in [0.2, 0.25) is 0 Å². The minimum atomic E-state index is -2.07. The van der Waals surface area contributed by atoms with Crippen LogP contribution < -0.4 is 4.52 Å². The molecule has 2 bridgehead atoms. The van der Waals surface area contributed by atoms with Gasteiger partial charge in [-0.05, 0) is 0 Å². The lowest BCUT2D eigenvalue weighted by atomic mass is 11.1. The minimum absolute atomic E-state index is 0.0959. The highest BCUT2D eigenvalue weighted by molar-refractivity contribution is 7.33. The summed E-state index contributed by atoms with van der Waals surface area (Å²) in [5.74, 6) is 0. The number of rotatable bonds is 0. The van der Waals surface area contributed by atoms with Crippen molar-refractivity contribution in [1.29, 1.82) is 0 Å². The van der Waals surface area contributed by atoms with E-state index in [2.05, 4.69) is 19.1 Å². The summed E-state index contributed by atoms with van der Waals surface area (Å²) in [6.45, 7) is 0.127. The lowest BCUT2D eigenvalue weighted by Crippen LogP contribution is -1.96. The molecule has 1 aliphatic rings. The minimum Gasteiger partial charge on any atom is -0.218 e. The van der Waals surface area contributed by atoms with Gasteiger partial charge in [0.05, 0.1) is 0 Å². The number of nitrogens with zero attached hydrogens (tertiary/aromatic N) is 3. The molecule has 0 fully saturated rings. The summed E-state index contributed by atoms with van der Waals surface area (Å²) in [4.78, 5) is 3.67. The molecule has 0 aromatic carbocycles. The third-order valence-electron chi connectivity index (χ3n) is 0.967. The second-order valence-corrected chi connectivity index (χ2v) is 2.53. The molecule has 1 aliphatic heterocycles. The third kappa shape index (κ3) is 0.872. The Morgan fingerprint density at radius 1 is 1.80 bits per heavy atom. The monoisotopic (exact) mass is 160 g/mol. The molecule has 0 aliphatic carbocycles. The molecule has 7 heteroatoms. The number of fused-ring (bicyclic) bond motifs is 2. The van der Waals surface area contributed by atoms with E-state index in [4.69, 9.17) is 0 Å². The molecule has 0 radical (unpaired) electrons. The van der Waals surface area contributed by atoms with Crippen molar-refractivity contribution in [1.82, 2.24) is 14.8 Å². The molecule has 1 unspecified atom stereocenters. The van der Waals surface area contributed by atoms with E-state index in [1.807, 2.05) is 0 Å². The van der Waals surface area contributed by atoms with Gasteiger partial charge in [-0.2, -0.15) is 9.51 Å². The van der Waals surface area contributed by atoms with Gasteiger partial charge in [0.15, 0.2) is 6.73 Å². The van der Waals surface area contributed by atoms with Gasteiger partial charge >= 0.3 is 14.3 Å². The average Bonchev–Trinajstić information content (AvgIpc) is 2.22. The predicted octanol–water partition coefficient (Wildman–Crippen LogP) is 0.302. The Kier molecular flexibility index (Phi) is 1.15. The van der Waals surface area contributed by atoms with Crippen molar-refractivity contribution in [2.24, 2.45) is 0 Å². The molecule has 10 heavy (non-hydrogen) atoms. The molecule has 1 atom stereocenters. The second kappa shape index (κ2) is 2.00. The van der Waals surface area contributed by atoms with Crippen LogP contribution in [0.3, 0.4) is 0 Å². The lowest BCUT2D eigenvalue weighted by molar-refractivity contribution is 0.219. The Morgan fingerprint density at radius 3 is 3.60 bits per heavy atom. The number of hydrogen-bond acceptors (Lipinski definition) is 5. The van der Waals surface area contributed by atoms with Crippen molar-refractivity contribution in [2.75, 3.05) is 0 Å². The maximum atomic E-state index is 10.6. The van der Waals surface area contributed by atoms with Gasteiger partial charge < -0.3 is 0 Å². The molecular formula is C3H3N3O3P+. The number of aromatic nitrogens is 3. The average molecular weight is 160 g/mol. The molecule has 0 spiro atoms. The summed E-state index contributed by atoms with van der Waals surface area (Å²) in [6, 6.07) is 0.0959. The fourth-order valence-electron chi connectivity index (χ4n) is 0.581. The largest absolute Gasteiger partial charge is 0.755 e. The first-order valence-corrected chi connectivity index (χ1v) is 3.62. The van der Waals surface area contributed by atoms with Crippen molar-refractivity contribution in [3.63, 3.8) is 0 Å². The Morgan fingerprint density at radius 2 is 2.70 bits per heavy atom. The maximum absolute atomic E-state index is 10.6. The predicted molar refractivity (Wildman–Crippen MR) is 29.3 cm³/mol. The van der Waals surface area contributed by atoms with Gasteiger partial charge in [-0.25, -0.2) is 4.68 Å². The first kappa shape index (κ1) is 5.76. The molecule has 0 saturated heterocycles. The zero-order valence-corrected chi connectivity index (χ0v) is 5.69. The SMILES string of the molecule is O=[P+]1OCn2cnc(n2)O1. The van der Waals surface area contributed by atoms with Crippen LogP contribution in [0, 0.1) is 0 Å². The van der Waals surface area contributed by atoms with Crippen molar-refractivity contribution in [3.05, 3.63) is 6.33 Å². The maximum Gasteiger partial charge on any atom is 0.755 e. The molecule has 1 aromatic rings. The summed E-state index contributed by atoms with van der Waals surface area (Å²) >= 11 is 0. The lowest BCUT2D eigenvalue weighted by Gasteiger charge is -1.85. The van der Waals surface area contributed by atoms with Gasteiger partial charge in [0, 0.05) is 4.57 Å². The summed E-state index contributed by atoms with van der Waals surface area (Å²) in [5.41, 5.74) is 0. The third-order valence-corrected chi connectivity index (χ3v) is 1.61. The molecule has 0 N–H and O–H groups in total. The molecule has 52 valence electrons. The smallest absolute Gasteiger partial charge is 0.218 e. The topological polar surface area (TPSA) is 66.2 Å². The first-order valence-electron chi connectivity index (χ1n) is 2.52. The first-order chi connectivity index (χ1) is 4.84. The highest BCUT2D eigenvalue weighted by atomic mass is 31.1. The van der Waals surface area contributed by atoms with Gasteiger partial charge in [0.2, 0.25) is 0 Å². The Labute approximate surface area is 56.7 Å². The zero-order valence-electron chi connectivity index (χ0n) is 4.80. The molecule has 2 heterocycles. The summed E-state index contributed by atoms with van der Waals surface area (Å²) in [6.07, 6.45) is 1.44. The van der Waals surface area contributed by atoms with E-state index >= 15 is 0 Å². The highest BCUT2D eigenvalue weighted by Gasteiger charge is 2.28. The van der Waals surface area contributed by atoms with E-state index in [1.54, 1.807) is 0 Å². The Balaban J connectivity index is 2.37. The summed E-state index contributed by atoms with van der Waals surface area (Å²) < 4.78 is 21.2. The fraction of sp³-hybridized carbons (Fsp3) is 0.333. The second-order valence-electron chi connectivity index (χ2n) is 1.64. The van der Waals surface area contributed by atoms with Crippen LogP contribution >= 0.6 is 8.25 Å². The van der Waals surface area contributed by atoms with E-state index in [1.165, 1.54) is 11.0 Å². The Hall–Kier alpha value is -1.00. The van der Waals surface area contributed by atoms with E-state index in [9.17, 15) is 4.57 Å². The quantitative estimate of drug-likeness (QED) is 0.510. The molecule has 1 aromatic heterocycles. The normalized spacial score (nSPS) is 19.8. The zero-order chi connectivity index (χ0) is 6.97. The van der Waals surface area contributed by atoms with Crippen molar-refractivity contribution < 1.29 is 13.6 Å². The molecule has 6 nitrogen and oxygen atoms in total. The van der Waals surface area contributed by atoms with Gasteiger partial charge in [-0.15, -0.1) is 5.10 Å². The molecule has 0 amide bonds. The Bertz CT molecular complexity index is 272. The van der Waals surface area contributed by atoms with Crippen LogP contribution in [0.5, 0.6) is 6.01 Å². The molecule has 2 rings (SSSR count). The van der Waals surface area contributed by atoms with Crippen LogP contribution in [0.25, 0.3) is 0 Å². The summed E-state index contributed by atoms with van der Waals surface area (Å²) in [7, 11) is -2.07. The summed E-state index contributed by atoms with van der Waals surface area (Å²) in [5, 5.41) is 3.73. The van der Waals surface area contributed by atoms with Gasteiger partial charge in [0.1, 0.15) is 6.33 Å². The standard InChI is InChI=1S/C3H3N3O3P/c7-10-8-2-6-1-4-3(5-6)9-10/h1H,2H2/q+1. The van der Waals surface area contributed by atoms with E-state index < -0.39 is 8.25 Å². The van der Waals surface area contributed by atoms with Crippen molar-refractivity contribution in [3.8, 4) is 6.01 Å². The van der Waals surface area contributed by atoms with Gasteiger partial charge in [0.25, 0.3) is 0 Å². The van der Waals surface area contributed by atoms with Crippen LogP contribution in [-0.4, -0.2) is 14.8 Å². The number of hydrogen-bond donors (Lipinski definition) is 0. The highest BCUT2D eigenvalue weighted by Crippen LogP contribution is 2.27. The van der Waals surface area contributed by atoms with Crippen molar-refractivity contribution >= 4 is 8.25 Å². The molecular weight excluding hydrogens is 157 g/mol. The van der Waals surface area contributed by atoms with Crippen molar-refractivity contribution in [2.45, 2.75) is 6.73 Å². The van der Waals surface area contributed by atoms with E-state index in [0.29, 0.717) is 0 Å². The van der Waals surface area contributed by atoms with Gasteiger partial charge in [-0.3, -0.25) is 0 Å². The van der Waals surface area contributed by atoms with Crippen LogP contribution in [0.4, 0.5) is 0 Å². The van der Waals surface area contributed by atoms with Gasteiger partial charge in [-0.1, -0.05) is 4.52 Å². The fourth-order valence-corrected chi connectivity index (χ4v) is 1.06. The molecule has 0 saturated carbocycles.